The summed E-state index contributed by atoms with van der Waals surface area (Å²) < 4.78 is 0. The van der Waals surface area contributed by atoms with Gasteiger partial charge in [-0.3, -0.25) is 0 Å². The number of hydrogen-bond acceptors (Lipinski definition) is 1. The van der Waals surface area contributed by atoms with Crippen LogP contribution in [0.5, 0.6) is 0 Å². The van der Waals surface area contributed by atoms with E-state index in [9.17, 15) is 4.79 Å². The summed E-state index contributed by atoms with van der Waals surface area (Å²) in [6.45, 7) is 7.49. The summed E-state index contributed by atoms with van der Waals surface area (Å²) >= 11 is 0. The molecule has 12 heavy (non-hydrogen) atoms. The Morgan fingerprint density at radius 3 is 2.17 bits per heavy atom. The SMILES string of the molecule is C=CCC(C(=O)O)=C(CC)CC. The number of carbonyl (C=O) groups is 1. The average molecular weight is 168 g/mol. The van der Waals surface area contributed by atoms with E-state index >= 15 is 0 Å². The van der Waals surface area contributed by atoms with E-state index in [4.69, 9.17) is 5.11 Å². The van der Waals surface area contributed by atoms with E-state index in [0.717, 1.165) is 18.4 Å². The lowest BCUT2D eigenvalue weighted by molar-refractivity contribution is -0.132. The molecule has 0 aromatic carbocycles. The zero-order chi connectivity index (χ0) is 9.56. The largest absolute Gasteiger partial charge is 0.478 e. The smallest absolute Gasteiger partial charge is 0.331 e. The summed E-state index contributed by atoms with van der Waals surface area (Å²) in [6.07, 6.45) is 3.72. The van der Waals surface area contributed by atoms with Gasteiger partial charge in [0.05, 0.1) is 0 Å². The number of allylic oxidation sites excluding steroid dienone is 2. The first-order chi connectivity index (χ1) is 5.67. The molecule has 68 valence electrons. The summed E-state index contributed by atoms with van der Waals surface area (Å²) in [5.41, 5.74) is 1.53. The third kappa shape index (κ3) is 2.91. The maximum Gasteiger partial charge on any atom is 0.331 e. The van der Waals surface area contributed by atoms with E-state index in [-0.39, 0.29) is 0 Å². The molecule has 0 rings (SSSR count). The first-order valence-electron chi connectivity index (χ1n) is 4.22. The third-order valence-electron chi connectivity index (χ3n) is 1.89. The van der Waals surface area contributed by atoms with Gasteiger partial charge in [-0.25, -0.2) is 4.79 Å². The highest BCUT2D eigenvalue weighted by molar-refractivity contribution is 5.87. The Morgan fingerprint density at radius 1 is 1.42 bits per heavy atom. The van der Waals surface area contributed by atoms with Crippen LogP contribution in [0.4, 0.5) is 0 Å². The molecule has 0 unspecified atom stereocenters. The van der Waals surface area contributed by atoms with Crippen molar-refractivity contribution in [1.29, 1.82) is 0 Å². The van der Waals surface area contributed by atoms with Gasteiger partial charge in [0.15, 0.2) is 0 Å². The van der Waals surface area contributed by atoms with E-state index in [0.29, 0.717) is 12.0 Å². The first kappa shape index (κ1) is 11.0. The van der Waals surface area contributed by atoms with Gasteiger partial charge in [0, 0.05) is 5.57 Å². The fourth-order valence-electron chi connectivity index (χ4n) is 1.20. The number of carboxylic acid groups (broad SMARTS) is 1. The zero-order valence-corrected chi connectivity index (χ0v) is 7.76. The van der Waals surface area contributed by atoms with Crippen molar-refractivity contribution in [3.8, 4) is 0 Å². The molecule has 0 amide bonds. The molecule has 2 heteroatoms. The molecule has 0 atom stereocenters. The summed E-state index contributed by atoms with van der Waals surface area (Å²) in [5.74, 6) is -0.811. The summed E-state index contributed by atoms with van der Waals surface area (Å²) in [7, 11) is 0. The predicted octanol–water partition coefficient (Wildman–Crippen LogP) is 2.76. The van der Waals surface area contributed by atoms with E-state index in [1.807, 2.05) is 13.8 Å². The Bertz CT molecular complexity index is 196. The molecule has 0 heterocycles. The Labute approximate surface area is 73.6 Å². The van der Waals surface area contributed by atoms with Crippen molar-refractivity contribution in [1.82, 2.24) is 0 Å². The van der Waals surface area contributed by atoms with Gasteiger partial charge in [-0.2, -0.15) is 0 Å². The molecule has 0 aromatic heterocycles. The molecule has 0 fully saturated rings. The fourth-order valence-corrected chi connectivity index (χ4v) is 1.20. The number of carboxylic acids is 1. The Hall–Kier alpha value is -1.05. The molecule has 0 aliphatic rings. The highest BCUT2D eigenvalue weighted by Gasteiger charge is 2.09. The van der Waals surface area contributed by atoms with E-state index < -0.39 is 5.97 Å². The van der Waals surface area contributed by atoms with Gasteiger partial charge in [0.1, 0.15) is 0 Å². The van der Waals surface area contributed by atoms with Crippen molar-refractivity contribution < 1.29 is 9.90 Å². The molecular weight excluding hydrogens is 152 g/mol. The lowest BCUT2D eigenvalue weighted by atomic mass is 10.0. The van der Waals surface area contributed by atoms with Crippen LogP contribution in [0.2, 0.25) is 0 Å². The highest BCUT2D eigenvalue weighted by Crippen LogP contribution is 2.16. The van der Waals surface area contributed by atoms with Gasteiger partial charge in [-0.15, -0.1) is 6.58 Å². The van der Waals surface area contributed by atoms with Crippen molar-refractivity contribution in [3.63, 3.8) is 0 Å². The van der Waals surface area contributed by atoms with Gasteiger partial charge in [-0.05, 0) is 19.3 Å². The van der Waals surface area contributed by atoms with Gasteiger partial charge >= 0.3 is 5.97 Å². The first-order valence-corrected chi connectivity index (χ1v) is 4.22. The zero-order valence-electron chi connectivity index (χ0n) is 7.76. The summed E-state index contributed by atoms with van der Waals surface area (Å²) in [4.78, 5) is 10.7. The maximum absolute atomic E-state index is 10.7. The topological polar surface area (TPSA) is 37.3 Å². The van der Waals surface area contributed by atoms with Crippen LogP contribution in [0.25, 0.3) is 0 Å². The molecule has 0 aromatic rings. The quantitative estimate of drug-likeness (QED) is 0.506. The molecule has 0 radical (unpaired) electrons. The summed E-state index contributed by atoms with van der Waals surface area (Å²) in [6, 6.07) is 0. The molecule has 0 aliphatic carbocycles. The van der Waals surface area contributed by atoms with Crippen molar-refractivity contribution in [2.75, 3.05) is 0 Å². The molecule has 0 saturated carbocycles. The van der Waals surface area contributed by atoms with Crippen molar-refractivity contribution in [3.05, 3.63) is 23.8 Å². The van der Waals surface area contributed by atoms with E-state index in [2.05, 4.69) is 6.58 Å². The van der Waals surface area contributed by atoms with Crippen LogP contribution < -0.4 is 0 Å². The molecule has 0 spiro atoms. The fraction of sp³-hybridized carbons (Fsp3) is 0.500. The predicted molar refractivity (Wildman–Crippen MR) is 50.1 cm³/mol. The van der Waals surface area contributed by atoms with Crippen LogP contribution in [0.15, 0.2) is 23.8 Å². The molecule has 0 aliphatic heterocycles. The lowest BCUT2D eigenvalue weighted by Crippen LogP contribution is -2.03. The number of hydrogen-bond donors (Lipinski definition) is 1. The third-order valence-corrected chi connectivity index (χ3v) is 1.89. The number of rotatable bonds is 5. The highest BCUT2D eigenvalue weighted by atomic mass is 16.4. The second kappa shape index (κ2) is 5.58. The van der Waals surface area contributed by atoms with Gasteiger partial charge in [0.2, 0.25) is 0 Å². The van der Waals surface area contributed by atoms with Crippen LogP contribution >= 0.6 is 0 Å². The van der Waals surface area contributed by atoms with E-state index in [1.54, 1.807) is 6.08 Å². The molecule has 1 N–H and O–H groups in total. The summed E-state index contributed by atoms with van der Waals surface area (Å²) in [5, 5.41) is 8.83. The lowest BCUT2D eigenvalue weighted by Gasteiger charge is -2.05. The van der Waals surface area contributed by atoms with E-state index in [1.165, 1.54) is 0 Å². The minimum absolute atomic E-state index is 0.465. The second-order valence-corrected chi connectivity index (χ2v) is 2.59. The van der Waals surface area contributed by atoms with Crippen LogP contribution in [0.3, 0.4) is 0 Å². The average Bonchev–Trinajstić information content (AvgIpc) is 2.05. The van der Waals surface area contributed by atoms with Crippen molar-refractivity contribution in [2.24, 2.45) is 0 Å². The Balaban J connectivity index is 4.74. The number of aliphatic carboxylic acids is 1. The monoisotopic (exact) mass is 168 g/mol. The van der Waals surface area contributed by atoms with Crippen LogP contribution in [-0.2, 0) is 4.79 Å². The normalized spacial score (nSPS) is 9.17. The van der Waals surface area contributed by atoms with Gasteiger partial charge in [-0.1, -0.05) is 25.5 Å². The van der Waals surface area contributed by atoms with Crippen molar-refractivity contribution >= 4 is 5.97 Å². The van der Waals surface area contributed by atoms with Crippen LogP contribution in [0.1, 0.15) is 33.1 Å². The van der Waals surface area contributed by atoms with Crippen molar-refractivity contribution in [2.45, 2.75) is 33.1 Å². The van der Waals surface area contributed by atoms with Gasteiger partial charge < -0.3 is 5.11 Å². The standard InChI is InChI=1S/C10H16O2/c1-4-7-9(10(11)12)8(5-2)6-3/h4H,1,5-7H2,2-3H3,(H,11,12). The van der Waals surface area contributed by atoms with Crippen LogP contribution in [-0.4, -0.2) is 11.1 Å². The minimum atomic E-state index is -0.811. The van der Waals surface area contributed by atoms with Gasteiger partial charge in [0.25, 0.3) is 0 Å². The Morgan fingerprint density at radius 2 is 1.92 bits per heavy atom. The minimum Gasteiger partial charge on any atom is -0.478 e. The second-order valence-electron chi connectivity index (χ2n) is 2.59. The molecule has 0 saturated heterocycles. The maximum atomic E-state index is 10.7. The molecule has 0 bridgehead atoms. The van der Waals surface area contributed by atoms with Crippen LogP contribution in [0, 0.1) is 0 Å². The molecule has 2 nitrogen and oxygen atoms in total. The Kier molecular flexibility index (Phi) is 5.09. The molecular formula is C10H16O2.